The standard InChI is InChI=1S/C23H25N7O3/c1-13-8-6-7-9-17(13)23(5)20(32)29(22(33)27-23)12-19(31)26-18-11-16(4)28-30(18)21-24-14(2)10-15(3)25-21/h6-11H,12H2,1-5H3,(H,26,31)(H,27,33). The van der Waals surface area contributed by atoms with Gasteiger partial charge < -0.3 is 10.6 Å². The van der Waals surface area contributed by atoms with Crippen LogP contribution in [-0.2, 0) is 15.1 Å². The molecule has 170 valence electrons. The van der Waals surface area contributed by atoms with Gasteiger partial charge in [-0.25, -0.2) is 14.8 Å². The number of aryl methyl sites for hydroxylation is 4. The number of nitrogens with one attached hydrogen (secondary N) is 2. The molecule has 2 N–H and O–H groups in total. The van der Waals surface area contributed by atoms with Crippen LogP contribution in [0.5, 0.6) is 0 Å². The molecule has 1 aliphatic heterocycles. The number of benzene rings is 1. The summed E-state index contributed by atoms with van der Waals surface area (Å²) in [4.78, 5) is 48.3. The largest absolute Gasteiger partial charge is 0.325 e. The fraction of sp³-hybridized carbons (Fsp3) is 0.304. The molecular weight excluding hydrogens is 422 g/mol. The topological polar surface area (TPSA) is 122 Å². The van der Waals surface area contributed by atoms with Crippen LogP contribution in [0.25, 0.3) is 5.95 Å². The third-order valence-electron chi connectivity index (χ3n) is 5.52. The van der Waals surface area contributed by atoms with E-state index < -0.39 is 29.9 Å². The van der Waals surface area contributed by atoms with Crippen molar-refractivity contribution < 1.29 is 14.4 Å². The molecule has 1 atom stereocenters. The van der Waals surface area contributed by atoms with E-state index in [-0.39, 0.29) is 0 Å². The summed E-state index contributed by atoms with van der Waals surface area (Å²) in [5.74, 6) is -0.369. The Hall–Kier alpha value is -4.08. The van der Waals surface area contributed by atoms with Crippen molar-refractivity contribution in [2.75, 3.05) is 11.9 Å². The van der Waals surface area contributed by atoms with E-state index in [9.17, 15) is 14.4 Å². The average Bonchev–Trinajstić information content (AvgIpc) is 3.20. The summed E-state index contributed by atoms with van der Waals surface area (Å²) >= 11 is 0. The van der Waals surface area contributed by atoms with E-state index in [1.165, 1.54) is 4.68 Å². The summed E-state index contributed by atoms with van der Waals surface area (Å²) in [7, 11) is 0. The van der Waals surface area contributed by atoms with Crippen LogP contribution in [0.15, 0.2) is 36.4 Å². The molecule has 4 rings (SSSR count). The predicted octanol–water partition coefficient (Wildman–Crippen LogP) is 2.30. The minimum absolute atomic E-state index is 0.318. The van der Waals surface area contributed by atoms with Crippen LogP contribution in [0.3, 0.4) is 0 Å². The molecule has 10 nitrogen and oxygen atoms in total. The van der Waals surface area contributed by atoms with Crippen molar-refractivity contribution in [2.24, 2.45) is 0 Å². The number of anilines is 1. The SMILES string of the molecule is Cc1cc(C)nc(-n2nc(C)cc2NC(=O)CN2C(=O)NC(C)(c3ccccc3C)C2=O)n1. The van der Waals surface area contributed by atoms with Gasteiger partial charge in [0.15, 0.2) is 0 Å². The van der Waals surface area contributed by atoms with Gasteiger partial charge in [0.05, 0.1) is 5.69 Å². The van der Waals surface area contributed by atoms with E-state index in [0.29, 0.717) is 23.0 Å². The first-order valence-corrected chi connectivity index (χ1v) is 10.5. The number of hydrogen-bond donors (Lipinski definition) is 2. The highest BCUT2D eigenvalue weighted by atomic mass is 16.2. The van der Waals surface area contributed by atoms with Crippen molar-refractivity contribution >= 4 is 23.7 Å². The Labute approximate surface area is 191 Å². The van der Waals surface area contributed by atoms with Crippen molar-refractivity contribution in [3.05, 3.63) is 64.6 Å². The van der Waals surface area contributed by atoms with Crippen molar-refractivity contribution in [3.63, 3.8) is 0 Å². The van der Waals surface area contributed by atoms with Crippen LogP contribution < -0.4 is 10.6 Å². The van der Waals surface area contributed by atoms with Crippen molar-refractivity contribution in [3.8, 4) is 5.95 Å². The molecule has 1 aliphatic rings. The van der Waals surface area contributed by atoms with E-state index in [1.54, 1.807) is 32.0 Å². The quantitative estimate of drug-likeness (QED) is 0.579. The summed E-state index contributed by atoms with van der Waals surface area (Å²) < 4.78 is 1.43. The monoisotopic (exact) mass is 447 g/mol. The van der Waals surface area contributed by atoms with Gasteiger partial charge in [-0.3, -0.25) is 14.5 Å². The van der Waals surface area contributed by atoms with Crippen LogP contribution in [-0.4, -0.2) is 49.0 Å². The number of urea groups is 1. The number of carbonyl (C=O) groups is 3. The van der Waals surface area contributed by atoms with Crippen LogP contribution in [0.1, 0.15) is 35.1 Å². The molecule has 0 spiro atoms. The van der Waals surface area contributed by atoms with Gasteiger partial charge in [-0.05, 0) is 51.8 Å². The molecule has 2 aromatic heterocycles. The minimum Gasteiger partial charge on any atom is -0.319 e. The smallest absolute Gasteiger partial charge is 0.319 e. The van der Waals surface area contributed by atoms with Gasteiger partial charge in [-0.1, -0.05) is 24.3 Å². The number of imide groups is 1. The van der Waals surface area contributed by atoms with Crippen molar-refractivity contribution in [2.45, 2.75) is 40.2 Å². The molecule has 33 heavy (non-hydrogen) atoms. The molecule has 4 amide bonds. The maximum absolute atomic E-state index is 13.2. The van der Waals surface area contributed by atoms with Gasteiger partial charge in [0.25, 0.3) is 11.9 Å². The number of nitrogens with zero attached hydrogens (tertiary/aromatic N) is 5. The number of aromatic nitrogens is 4. The number of rotatable bonds is 5. The van der Waals surface area contributed by atoms with E-state index in [4.69, 9.17) is 0 Å². The molecule has 1 fully saturated rings. The molecule has 3 heterocycles. The van der Waals surface area contributed by atoms with Crippen molar-refractivity contribution in [1.29, 1.82) is 0 Å². The number of amides is 4. The van der Waals surface area contributed by atoms with Gasteiger partial charge in [0.2, 0.25) is 5.91 Å². The average molecular weight is 447 g/mol. The first-order chi connectivity index (χ1) is 15.6. The number of carbonyl (C=O) groups excluding carboxylic acids is 3. The zero-order valence-corrected chi connectivity index (χ0v) is 19.1. The second-order valence-corrected chi connectivity index (χ2v) is 8.34. The zero-order chi connectivity index (χ0) is 23.9. The Morgan fingerprint density at radius 2 is 1.70 bits per heavy atom. The molecule has 3 aromatic rings. The molecule has 1 aromatic carbocycles. The summed E-state index contributed by atoms with van der Waals surface area (Å²) in [6.07, 6.45) is 0. The van der Waals surface area contributed by atoms with Crippen LogP contribution in [0.4, 0.5) is 10.6 Å². The van der Waals surface area contributed by atoms with Crippen LogP contribution >= 0.6 is 0 Å². The summed E-state index contributed by atoms with van der Waals surface area (Å²) in [6, 6.07) is 10.2. The lowest BCUT2D eigenvalue weighted by atomic mass is 9.88. The fourth-order valence-electron chi connectivity index (χ4n) is 4.03. The molecule has 10 heteroatoms. The summed E-state index contributed by atoms with van der Waals surface area (Å²) in [6.45, 7) is 8.53. The van der Waals surface area contributed by atoms with E-state index >= 15 is 0 Å². The fourth-order valence-corrected chi connectivity index (χ4v) is 4.03. The highest BCUT2D eigenvalue weighted by Crippen LogP contribution is 2.30. The Morgan fingerprint density at radius 1 is 1.03 bits per heavy atom. The third kappa shape index (κ3) is 4.07. The Bertz CT molecular complexity index is 1260. The van der Waals surface area contributed by atoms with Gasteiger partial charge in [0, 0.05) is 17.5 Å². The Morgan fingerprint density at radius 3 is 2.36 bits per heavy atom. The van der Waals surface area contributed by atoms with Gasteiger partial charge in [0.1, 0.15) is 17.9 Å². The van der Waals surface area contributed by atoms with Crippen LogP contribution in [0.2, 0.25) is 0 Å². The molecule has 0 saturated carbocycles. The zero-order valence-electron chi connectivity index (χ0n) is 19.1. The second-order valence-electron chi connectivity index (χ2n) is 8.34. The van der Waals surface area contributed by atoms with Crippen molar-refractivity contribution in [1.82, 2.24) is 30.0 Å². The van der Waals surface area contributed by atoms with Gasteiger partial charge >= 0.3 is 6.03 Å². The van der Waals surface area contributed by atoms with E-state index in [1.807, 2.05) is 39.0 Å². The maximum Gasteiger partial charge on any atom is 0.325 e. The molecular formula is C23H25N7O3. The third-order valence-corrected chi connectivity index (χ3v) is 5.52. The lowest BCUT2D eigenvalue weighted by Gasteiger charge is -2.24. The molecule has 0 aliphatic carbocycles. The normalized spacial score (nSPS) is 17.9. The second kappa shape index (κ2) is 8.12. The molecule has 1 unspecified atom stereocenters. The minimum atomic E-state index is -1.24. The van der Waals surface area contributed by atoms with E-state index in [2.05, 4.69) is 25.7 Å². The Balaban J connectivity index is 1.55. The first kappa shape index (κ1) is 22.1. The van der Waals surface area contributed by atoms with Crippen LogP contribution in [0, 0.1) is 27.7 Å². The maximum atomic E-state index is 13.2. The van der Waals surface area contributed by atoms with Gasteiger partial charge in [-0.2, -0.15) is 9.78 Å². The summed E-state index contributed by atoms with van der Waals surface area (Å²) in [5, 5.41) is 9.82. The lowest BCUT2D eigenvalue weighted by Crippen LogP contribution is -2.42. The highest BCUT2D eigenvalue weighted by molar-refractivity contribution is 6.10. The summed E-state index contributed by atoms with van der Waals surface area (Å²) in [5.41, 5.74) is 2.49. The molecule has 0 radical (unpaired) electrons. The first-order valence-electron chi connectivity index (χ1n) is 10.5. The van der Waals surface area contributed by atoms with Gasteiger partial charge in [-0.15, -0.1) is 0 Å². The van der Waals surface area contributed by atoms with E-state index in [0.717, 1.165) is 21.9 Å². The molecule has 1 saturated heterocycles. The highest BCUT2D eigenvalue weighted by Gasteiger charge is 2.50. The molecule has 0 bridgehead atoms. The number of hydrogen-bond acceptors (Lipinski definition) is 6. The lowest BCUT2D eigenvalue weighted by molar-refractivity contribution is -0.133. The predicted molar refractivity (Wildman–Crippen MR) is 121 cm³/mol. The Kier molecular flexibility index (Phi) is 5.44.